The number of rotatable bonds is 6. The topological polar surface area (TPSA) is 95.6 Å². The van der Waals surface area contributed by atoms with Crippen molar-refractivity contribution in [3.05, 3.63) is 60.2 Å². The molecule has 0 aromatic heterocycles. The number of anilines is 1. The van der Waals surface area contributed by atoms with Crippen LogP contribution in [-0.4, -0.2) is 43.7 Å². The molecule has 154 valence electrons. The summed E-state index contributed by atoms with van der Waals surface area (Å²) in [5.41, 5.74) is 1.64. The van der Waals surface area contributed by atoms with Crippen molar-refractivity contribution in [2.45, 2.75) is 37.1 Å². The van der Waals surface area contributed by atoms with Crippen molar-refractivity contribution in [2.75, 3.05) is 18.4 Å². The van der Waals surface area contributed by atoms with Crippen LogP contribution in [0.25, 0.3) is 0 Å². The van der Waals surface area contributed by atoms with E-state index in [1.807, 2.05) is 32.0 Å². The molecule has 2 amide bonds. The molecule has 0 aliphatic carbocycles. The van der Waals surface area contributed by atoms with E-state index in [1.54, 1.807) is 24.3 Å². The molecule has 0 spiro atoms. The molecule has 3 rings (SSSR count). The Labute approximate surface area is 171 Å². The molecule has 1 saturated heterocycles. The largest absolute Gasteiger partial charge is 0.353 e. The number of carbonyl (C=O) groups is 2. The standard InChI is InChI=1S/C21H25N3O4S/c1-15(2)17-10-6-7-11-18(17)23-20(25)14-19-21(26)22-12-13-24(19)29(27,28)16-8-4-3-5-9-16/h3-11,15,19H,12-14H2,1-2H3,(H,22,26)(H,23,25)/t19-/m0/s1. The van der Waals surface area contributed by atoms with E-state index in [1.165, 1.54) is 12.1 Å². The van der Waals surface area contributed by atoms with Crippen LogP contribution < -0.4 is 10.6 Å². The molecular weight excluding hydrogens is 390 g/mol. The van der Waals surface area contributed by atoms with E-state index in [0.717, 1.165) is 9.87 Å². The van der Waals surface area contributed by atoms with E-state index in [0.29, 0.717) is 5.69 Å². The van der Waals surface area contributed by atoms with Gasteiger partial charge in [-0.1, -0.05) is 50.2 Å². The maximum atomic E-state index is 13.0. The minimum Gasteiger partial charge on any atom is -0.353 e. The fourth-order valence-electron chi connectivity index (χ4n) is 3.39. The molecule has 1 heterocycles. The van der Waals surface area contributed by atoms with Gasteiger partial charge < -0.3 is 10.6 Å². The minimum absolute atomic E-state index is 0.102. The SMILES string of the molecule is CC(C)c1ccccc1NC(=O)C[C@H]1C(=O)NCCN1S(=O)(=O)c1ccccc1. The highest BCUT2D eigenvalue weighted by Crippen LogP contribution is 2.25. The first-order valence-corrected chi connectivity index (χ1v) is 11.0. The molecule has 0 radical (unpaired) electrons. The average molecular weight is 416 g/mol. The molecule has 2 aromatic carbocycles. The molecule has 0 bridgehead atoms. The second-order valence-corrected chi connectivity index (χ2v) is 9.12. The van der Waals surface area contributed by atoms with Crippen molar-refractivity contribution in [1.82, 2.24) is 9.62 Å². The second kappa shape index (κ2) is 8.75. The Morgan fingerprint density at radius 2 is 1.79 bits per heavy atom. The number of piperazine rings is 1. The number of hydrogen-bond acceptors (Lipinski definition) is 4. The summed E-state index contributed by atoms with van der Waals surface area (Å²) in [7, 11) is -3.89. The van der Waals surface area contributed by atoms with Gasteiger partial charge in [0.25, 0.3) is 0 Å². The van der Waals surface area contributed by atoms with Crippen molar-refractivity contribution >= 4 is 27.5 Å². The van der Waals surface area contributed by atoms with Gasteiger partial charge in [0, 0.05) is 18.8 Å². The van der Waals surface area contributed by atoms with Crippen molar-refractivity contribution < 1.29 is 18.0 Å². The van der Waals surface area contributed by atoms with Crippen LogP contribution in [0.4, 0.5) is 5.69 Å². The maximum Gasteiger partial charge on any atom is 0.243 e. The molecule has 0 unspecified atom stereocenters. The highest BCUT2D eigenvalue weighted by Gasteiger charge is 2.39. The van der Waals surface area contributed by atoms with Gasteiger partial charge in [0.2, 0.25) is 21.8 Å². The molecule has 2 N–H and O–H groups in total. The predicted octanol–water partition coefficient (Wildman–Crippen LogP) is 2.33. The zero-order valence-corrected chi connectivity index (χ0v) is 17.3. The van der Waals surface area contributed by atoms with Crippen LogP contribution in [0, 0.1) is 0 Å². The lowest BCUT2D eigenvalue weighted by Crippen LogP contribution is -2.57. The quantitative estimate of drug-likeness (QED) is 0.757. The van der Waals surface area contributed by atoms with E-state index < -0.39 is 27.9 Å². The summed E-state index contributed by atoms with van der Waals surface area (Å²) in [4.78, 5) is 25.2. The van der Waals surface area contributed by atoms with Crippen LogP contribution in [-0.2, 0) is 19.6 Å². The summed E-state index contributed by atoms with van der Waals surface area (Å²) < 4.78 is 27.2. The fraction of sp³-hybridized carbons (Fsp3) is 0.333. The van der Waals surface area contributed by atoms with E-state index in [-0.39, 0.29) is 30.3 Å². The van der Waals surface area contributed by atoms with Crippen LogP contribution >= 0.6 is 0 Å². The Morgan fingerprint density at radius 3 is 2.48 bits per heavy atom. The Morgan fingerprint density at radius 1 is 1.14 bits per heavy atom. The number of sulfonamides is 1. The normalized spacial score (nSPS) is 17.8. The van der Waals surface area contributed by atoms with E-state index in [9.17, 15) is 18.0 Å². The summed E-state index contributed by atoms with van der Waals surface area (Å²) in [5, 5.41) is 5.49. The fourth-order valence-corrected chi connectivity index (χ4v) is 5.00. The van der Waals surface area contributed by atoms with Crippen LogP contribution in [0.3, 0.4) is 0 Å². The predicted molar refractivity (Wildman–Crippen MR) is 111 cm³/mol. The molecule has 1 aliphatic rings. The molecule has 1 aliphatic heterocycles. The van der Waals surface area contributed by atoms with Crippen molar-refractivity contribution in [3.8, 4) is 0 Å². The third-order valence-electron chi connectivity index (χ3n) is 4.87. The number of hydrogen-bond donors (Lipinski definition) is 2. The molecule has 7 nitrogen and oxygen atoms in total. The van der Waals surface area contributed by atoms with Crippen molar-refractivity contribution in [1.29, 1.82) is 0 Å². The molecule has 1 atom stereocenters. The smallest absolute Gasteiger partial charge is 0.243 e. The number of nitrogens with one attached hydrogen (secondary N) is 2. The summed E-state index contributed by atoms with van der Waals surface area (Å²) in [6.45, 7) is 4.37. The van der Waals surface area contributed by atoms with Crippen LogP contribution in [0.15, 0.2) is 59.5 Å². The zero-order chi connectivity index (χ0) is 21.0. The first kappa shape index (κ1) is 21.0. The second-order valence-electron chi connectivity index (χ2n) is 7.23. The van der Waals surface area contributed by atoms with Gasteiger partial charge in [-0.25, -0.2) is 8.42 Å². The Balaban J connectivity index is 1.82. The van der Waals surface area contributed by atoms with Crippen LogP contribution in [0.1, 0.15) is 31.7 Å². The minimum atomic E-state index is -3.89. The Hall–Kier alpha value is -2.71. The molecule has 8 heteroatoms. The van der Waals surface area contributed by atoms with Gasteiger partial charge in [0.1, 0.15) is 6.04 Å². The lowest BCUT2D eigenvalue weighted by Gasteiger charge is -2.33. The van der Waals surface area contributed by atoms with E-state index >= 15 is 0 Å². The number of carbonyl (C=O) groups excluding carboxylic acids is 2. The van der Waals surface area contributed by atoms with Crippen molar-refractivity contribution in [3.63, 3.8) is 0 Å². The number of nitrogens with zero attached hydrogens (tertiary/aromatic N) is 1. The number of benzene rings is 2. The van der Waals surface area contributed by atoms with Gasteiger partial charge >= 0.3 is 0 Å². The lowest BCUT2D eigenvalue weighted by atomic mass is 10.0. The third kappa shape index (κ3) is 4.65. The molecule has 1 fully saturated rings. The van der Waals surface area contributed by atoms with Gasteiger partial charge in [0.15, 0.2) is 0 Å². The highest BCUT2D eigenvalue weighted by molar-refractivity contribution is 7.89. The summed E-state index contributed by atoms with van der Waals surface area (Å²) >= 11 is 0. The van der Waals surface area contributed by atoms with Crippen LogP contribution in [0.2, 0.25) is 0 Å². The van der Waals surface area contributed by atoms with Gasteiger partial charge in [-0.15, -0.1) is 0 Å². The monoisotopic (exact) mass is 415 g/mol. The molecule has 2 aromatic rings. The van der Waals surface area contributed by atoms with Gasteiger partial charge in [0.05, 0.1) is 11.3 Å². The first-order valence-electron chi connectivity index (χ1n) is 9.54. The van der Waals surface area contributed by atoms with Crippen LogP contribution in [0.5, 0.6) is 0 Å². The number of para-hydroxylation sites is 1. The average Bonchev–Trinajstić information content (AvgIpc) is 2.70. The first-order chi connectivity index (χ1) is 13.8. The number of amides is 2. The van der Waals surface area contributed by atoms with E-state index in [4.69, 9.17) is 0 Å². The molecular formula is C21H25N3O4S. The summed E-state index contributed by atoms with van der Waals surface area (Å²) in [6.07, 6.45) is -0.260. The third-order valence-corrected chi connectivity index (χ3v) is 6.79. The van der Waals surface area contributed by atoms with E-state index in [2.05, 4.69) is 10.6 Å². The Kier molecular flexibility index (Phi) is 6.34. The van der Waals surface area contributed by atoms with Gasteiger partial charge in [-0.2, -0.15) is 4.31 Å². The summed E-state index contributed by atoms with van der Waals surface area (Å²) in [6, 6.07) is 14.3. The zero-order valence-electron chi connectivity index (χ0n) is 16.5. The van der Waals surface area contributed by atoms with Crippen molar-refractivity contribution in [2.24, 2.45) is 0 Å². The van der Waals surface area contributed by atoms with Gasteiger partial charge in [-0.3, -0.25) is 9.59 Å². The molecule has 29 heavy (non-hydrogen) atoms. The molecule has 0 saturated carbocycles. The summed E-state index contributed by atoms with van der Waals surface area (Å²) in [5.74, 6) is -0.670. The Bertz CT molecular complexity index is 990. The lowest BCUT2D eigenvalue weighted by molar-refractivity contribution is -0.130. The maximum absolute atomic E-state index is 13.0. The highest BCUT2D eigenvalue weighted by atomic mass is 32.2. The van der Waals surface area contributed by atoms with Gasteiger partial charge in [-0.05, 0) is 29.7 Å².